The Morgan fingerprint density at radius 2 is 1.82 bits per heavy atom. The number of halogens is 3. The predicted octanol–water partition coefficient (Wildman–Crippen LogP) is 5.53. The molecule has 0 N–H and O–H groups in total. The maximum absolute atomic E-state index is 12.9. The number of benzene rings is 2. The Kier molecular flexibility index (Phi) is 4.48. The van der Waals surface area contributed by atoms with Crippen LogP contribution in [-0.2, 0) is 5.75 Å². The van der Waals surface area contributed by atoms with Gasteiger partial charge in [0.25, 0.3) is 0 Å². The number of hydrogen-bond acceptors (Lipinski definition) is 1. The molecule has 0 spiro atoms. The van der Waals surface area contributed by atoms with Gasteiger partial charge in [0.1, 0.15) is 5.82 Å². The Hall–Kier alpha value is -0.510. The molecule has 2 aromatic rings. The Labute approximate surface area is 117 Å². The summed E-state index contributed by atoms with van der Waals surface area (Å²) >= 11 is 10.9. The Bertz CT molecular complexity index is 513. The summed E-state index contributed by atoms with van der Waals surface area (Å²) in [7, 11) is 0. The molecule has 17 heavy (non-hydrogen) atoms. The lowest BCUT2D eigenvalue weighted by Crippen LogP contribution is -1.84. The largest absolute Gasteiger partial charge is 0.207 e. The average Bonchev–Trinajstić information content (AvgIpc) is 2.30. The average molecular weight is 332 g/mol. The minimum atomic E-state index is -0.225. The SMILES string of the molecule is Fc1ccc(CSc2ccc(Cl)cc2)c(Br)c1. The first-order valence-corrected chi connectivity index (χ1v) is 7.13. The molecular formula is C13H9BrClFS. The highest BCUT2D eigenvalue weighted by Crippen LogP contribution is 2.28. The first-order chi connectivity index (χ1) is 8.15. The highest BCUT2D eigenvalue weighted by molar-refractivity contribution is 9.10. The van der Waals surface area contributed by atoms with Crippen LogP contribution in [0, 0.1) is 5.82 Å². The predicted molar refractivity (Wildman–Crippen MR) is 75.1 cm³/mol. The fourth-order valence-corrected chi connectivity index (χ4v) is 3.04. The molecule has 0 nitrogen and oxygen atoms in total. The van der Waals surface area contributed by atoms with Crippen LogP contribution >= 0.6 is 39.3 Å². The highest BCUT2D eigenvalue weighted by Gasteiger charge is 2.02. The van der Waals surface area contributed by atoms with E-state index in [1.807, 2.05) is 24.3 Å². The Balaban J connectivity index is 2.04. The Morgan fingerprint density at radius 1 is 1.12 bits per heavy atom. The molecule has 0 bridgehead atoms. The van der Waals surface area contributed by atoms with Gasteiger partial charge in [0, 0.05) is 20.1 Å². The quantitative estimate of drug-likeness (QED) is 0.666. The van der Waals surface area contributed by atoms with Crippen LogP contribution in [0.1, 0.15) is 5.56 Å². The molecule has 0 aliphatic heterocycles. The van der Waals surface area contributed by atoms with E-state index in [-0.39, 0.29) is 5.82 Å². The van der Waals surface area contributed by atoms with Crippen LogP contribution in [0.4, 0.5) is 4.39 Å². The summed E-state index contributed by atoms with van der Waals surface area (Å²) in [5, 5.41) is 0.734. The highest BCUT2D eigenvalue weighted by atomic mass is 79.9. The zero-order valence-corrected chi connectivity index (χ0v) is 11.9. The van der Waals surface area contributed by atoms with Crippen molar-refractivity contribution in [3.05, 3.63) is 63.3 Å². The van der Waals surface area contributed by atoms with Crippen molar-refractivity contribution < 1.29 is 4.39 Å². The Morgan fingerprint density at radius 3 is 2.47 bits per heavy atom. The molecule has 4 heteroatoms. The van der Waals surface area contributed by atoms with Gasteiger partial charge in [-0.25, -0.2) is 4.39 Å². The summed E-state index contributed by atoms with van der Waals surface area (Å²) in [6.45, 7) is 0. The van der Waals surface area contributed by atoms with E-state index in [0.29, 0.717) is 0 Å². The molecule has 0 aliphatic rings. The normalized spacial score (nSPS) is 10.5. The molecule has 0 aliphatic carbocycles. The molecule has 0 radical (unpaired) electrons. The van der Waals surface area contributed by atoms with Crippen molar-refractivity contribution in [2.24, 2.45) is 0 Å². The summed E-state index contributed by atoms with van der Waals surface area (Å²) in [5.41, 5.74) is 1.08. The molecule has 0 heterocycles. The van der Waals surface area contributed by atoms with E-state index in [1.165, 1.54) is 12.1 Å². The molecule has 0 aromatic heterocycles. The van der Waals surface area contributed by atoms with Crippen LogP contribution in [0.25, 0.3) is 0 Å². The maximum atomic E-state index is 12.9. The lowest BCUT2D eigenvalue weighted by Gasteiger charge is -2.04. The van der Waals surface area contributed by atoms with E-state index in [0.717, 1.165) is 25.7 Å². The minimum absolute atomic E-state index is 0.225. The number of rotatable bonds is 3. The first-order valence-electron chi connectivity index (χ1n) is 4.97. The number of thioether (sulfide) groups is 1. The van der Waals surface area contributed by atoms with Gasteiger partial charge in [0.2, 0.25) is 0 Å². The maximum Gasteiger partial charge on any atom is 0.124 e. The second kappa shape index (κ2) is 5.89. The third-order valence-corrected chi connectivity index (χ3v) is 4.27. The fraction of sp³-hybridized carbons (Fsp3) is 0.0769. The van der Waals surface area contributed by atoms with Crippen LogP contribution in [0.3, 0.4) is 0 Å². The van der Waals surface area contributed by atoms with E-state index in [1.54, 1.807) is 17.8 Å². The topological polar surface area (TPSA) is 0 Å². The molecule has 0 unspecified atom stereocenters. The zero-order chi connectivity index (χ0) is 12.3. The lowest BCUT2D eigenvalue weighted by atomic mass is 10.2. The van der Waals surface area contributed by atoms with Gasteiger partial charge in [-0.15, -0.1) is 11.8 Å². The molecule has 0 amide bonds. The summed E-state index contributed by atoms with van der Waals surface area (Å²) in [6.07, 6.45) is 0. The molecule has 0 atom stereocenters. The van der Waals surface area contributed by atoms with Gasteiger partial charge < -0.3 is 0 Å². The summed E-state index contributed by atoms with van der Waals surface area (Å²) < 4.78 is 13.7. The van der Waals surface area contributed by atoms with Crippen LogP contribution < -0.4 is 0 Å². The van der Waals surface area contributed by atoms with Gasteiger partial charge in [0.15, 0.2) is 0 Å². The third-order valence-electron chi connectivity index (χ3n) is 2.22. The van der Waals surface area contributed by atoms with Crippen molar-refractivity contribution in [1.29, 1.82) is 0 Å². The van der Waals surface area contributed by atoms with Crippen molar-refractivity contribution in [3.8, 4) is 0 Å². The van der Waals surface area contributed by atoms with E-state index < -0.39 is 0 Å². The van der Waals surface area contributed by atoms with E-state index in [4.69, 9.17) is 11.6 Å². The molecule has 2 aromatic carbocycles. The molecule has 88 valence electrons. The van der Waals surface area contributed by atoms with Crippen molar-refractivity contribution in [3.63, 3.8) is 0 Å². The van der Waals surface area contributed by atoms with Gasteiger partial charge in [0.05, 0.1) is 0 Å². The van der Waals surface area contributed by atoms with Gasteiger partial charge >= 0.3 is 0 Å². The van der Waals surface area contributed by atoms with Gasteiger partial charge in [-0.1, -0.05) is 33.6 Å². The molecule has 0 fully saturated rings. The third kappa shape index (κ3) is 3.73. The minimum Gasteiger partial charge on any atom is -0.207 e. The molecule has 0 saturated heterocycles. The molecular weight excluding hydrogens is 323 g/mol. The van der Waals surface area contributed by atoms with Crippen LogP contribution in [0.5, 0.6) is 0 Å². The van der Waals surface area contributed by atoms with E-state index in [9.17, 15) is 4.39 Å². The van der Waals surface area contributed by atoms with Crippen LogP contribution in [0.2, 0.25) is 5.02 Å². The van der Waals surface area contributed by atoms with Crippen molar-refractivity contribution in [2.75, 3.05) is 0 Å². The van der Waals surface area contributed by atoms with Crippen LogP contribution in [0.15, 0.2) is 51.8 Å². The van der Waals surface area contributed by atoms with Crippen molar-refractivity contribution in [2.45, 2.75) is 10.6 Å². The smallest absolute Gasteiger partial charge is 0.124 e. The van der Waals surface area contributed by atoms with Crippen molar-refractivity contribution >= 4 is 39.3 Å². The van der Waals surface area contributed by atoms with E-state index in [2.05, 4.69) is 15.9 Å². The summed E-state index contributed by atoms with van der Waals surface area (Å²) in [6, 6.07) is 12.4. The van der Waals surface area contributed by atoms with Crippen molar-refractivity contribution in [1.82, 2.24) is 0 Å². The fourth-order valence-electron chi connectivity index (χ4n) is 1.33. The van der Waals surface area contributed by atoms with Gasteiger partial charge in [-0.2, -0.15) is 0 Å². The van der Waals surface area contributed by atoms with Gasteiger partial charge in [-0.3, -0.25) is 0 Å². The second-order valence-electron chi connectivity index (χ2n) is 3.48. The van der Waals surface area contributed by atoms with E-state index >= 15 is 0 Å². The monoisotopic (exact) mass is 330 g/mol. The summed E-state index contributed by atoms with van der Waals surface area (Å²) in [5.74, 6) is 0.569. The standard InChI is InChI=1S/C13H9BrClFS/c14-13-7-11(16)4-1-9(13)8-17-12-5-2-10(15)3-6-12/h1-7H,8H2. The number of hydrogen-bond donors (Lipinski definition) is 0. The first kappa shape index (κ1) is 12.9. The second-order valence-corrected chi connectivity index (χ2v) is 5.82. The van der Waals surface area contributed by atoms with Gasteiger partial charge in [-0.05, 0) is 42.0 Å². The molecule has 0 saturated carbocycles. The lowest BCUT2D eigenvalue weighted by molar-refractivity contribution is 0.626. The zero-order valence-electron chi connectivity index (χ0n) is 8.79. The summed E-state index contributed by atoms with van der Waals surface area (Å²) in [4.78, 5) is 1.14. The van der Waals surface area contributed by atoms with Crippen LogP contribution in [-0.4, -0.2) is 0 Å². The molecule has 2 rings (SSSR count).